The molecule has 5 aromatic rings. The summed E-state index contributed by atoms with van der Waals surface area (Å²) in [5.74, 6) is 1.39. The summed E-state index contributed by atoms with van der Waals surface area (Å²) in [5.41, 5.74) is 5.48. The van der Waals surface area contributed by atoms with Crippen LogP contribution in [0.1, 0.15) is 12.8 Å². The van der Waals surface area contributed by atoms with Crippen molar-refractivity contribution in [1.82, 2.24) is 24.4 Å². The van der Waals surface area contributed by atoms with Gasteiger partial charge in [-0.15, -0.1) is 0 Å². The molecule has 1 aliphatic heterocycles. The highest BCUT2D eigenvalue weighted by molar-refractivity contribution is 5.98. The molecule has 1 atom stereocenters. The predicted octanol–water partition coefficient (Wildman–Crippen LogP) is 5.14. The molecular weight excluding hydrogens is 532 g/mol. The summed E-state index contributed by atoms with van der Waals surface area (Å²) < 4.78 is 13.5. The van der Waals surface area contributed by atoms with Crippen LogP contribution >= 0.6 is 0 Å². The molecule has 1 amide bonds. The van der Waals surface area contributed by atoms with Gasteiger partial charge in [0.2, 0.25) is 18.2 Å². The minimum absolute atomic E-state index is 0.359. The van der Waals surface area contributed by atoms with Crippen LogP contribution in [0, 0.1) is 0 Å². The molecule has 42 heavy (non-hydrogen) atoms. The van der Waals surface area contributed by atoms with Gasteiger partial charge in [0.15, 0.2) is 0 Å². The van der Waals surface area contributed by atoms with Gasteiger partial charge in [-0.05, 0) is 38.6 Å². The average molecular weight is 567 g/mol. The van der Waals surface area contributed by atoms with Crippen molar-refractivity contribution in [3.8, 4) is 28.5 Å². The van der Waals surface area contributed by atoms with Crippen LogP contribution in [0.3, 0.4) is 0 Å². The molecule has 0 aliphatic carbocycles. The van der Waals surface area contributed by atoms with Crippen LogP contribution in [0.5, 0.6) is 5.75 Å². The summed E-state index contributed by atoms with van der Waals surface area (Å²) in [6, 6.07) is 12.4. The number of methoxy groups -OCH3 is 1. The number of anilines is 4. The first-order valence-electron chi connectivity index (χ1n) is 13.9. The Labute approximate surface area is 244 Å². The highest BCUT2D eigenvalue weighted by atomic mass is 16.5. The van der Waals surface area contributed by atoms with Gasteiger partial charge in [-0.3, -0.25) is 4.79 Å². The molecule has 1 unspecified atom stereocenters. The van der Waals surface area contributed by atoms with E-state index in [0.717, 1.165) is 41.7 Å². The summed E-state index contributed by atoms with van der Waals surface area (Å²) >= 11 is 0. The molecule has 0 spiro atoms. The highest BCUT2D eigenvalue weighted by Crippen LogP contribution is 2.40. The minimum Gasteiger partial charge on any atom is -0.494 e. The van der Waals surface area contributed by atoms with Gasteiger partial charge in [-0.1, -0.05) is 18.2 Å². The lowest BCUT2D eigenvalue weighted by Crippen LogP contribution is -2.36. The number of fused-ring (bicyclic) bond motifs is 1. The number of benzene rings is 2. The van der Waals surface area contributed by atoms with Crippen molar-refractivity contribution in [2.75, 3.05) is 49.8 Å². The van der Waals surface area contributed by atoms with Crippen LogP contribution in [0.15, 0.2) is 65.7 Å². The van der Waals surface area contributed by atoms with Gasteiger partial charge in [-0.2, -0.15) is 0 Å². The molecule has 216 valence electrons. The summed E-state index contributed by atoms with van der Waals surface area (Å²) in [6.45, 7) is 1.93. The first-order valence-corrected chi connectivity index (χ1v) is 13.9. The summed E-state index contributed by atoms with van der Waals surface area (Å²) in [5, 5.41) is 7.23. The van der Waals surface area contributed by atoms with Gasteiger partial charge < -0.3 is 34.2 Å². The second-order valence-corrected chi connectivity index (χ2v) is 10.6. The molecule has 11 heteroatoms. The zero-order valence-electron chi connectivity index (χ0n) is 24.2. The molecule has 11 nitrogen and oxygen atoms in total. The molecule has 0 bridgehead atoms. The second kappa shape index (κ2) is 11.5. The van der Waals surface area contributed by atoms with Crippen molar-refractivity contribution in [3.63, 3.8) is 0 Å². The molecule has 1 aliphatic rings. The van der Waals surface area contributed by atoms with Crippen molar-refractivity contribution in [3.05, 3.63) is 61.3 Å². The van der Waals surface area contributed by atoms with E-state index in [1.807, 2.05) is 44.6 Å². The fourth-order valence-electron chi connectivity index (χ4n) is 5.77. The van der Waals surface area contributed by atoms with E-state index < -0.39 is 0 Å². The molecule has 2 N–H and O–H groups in total. The Balaban J connectivity index is 1.39. The highest BCUT2D eigenvalue weighted by Gasteiger charge is 2.24. The molecule has 0 saturated carbocycles. The van der Waals surface area contributed by atoms with E-state index in [-0.39, 0.29) is 0 Å². The Morgan fingerprint density at radius 3 is 2.76 bits per heavy atom. The molecular formula is C31H34N8O3. The lowest BCUT2D eigenvalue weighted by atomic mass is 10.1. The lowest BCUT2D eigenvalue weighted by molar-refractivity contribution is -0.105. The molecule has 0 radical (unpaired) electrons. The van der Waals surface area contributed by atoms with Crippen molar-refractivity contribution in [1.29, 1.82) is 0 Å². The molecule has 6 rings (SSSR count). The Hall–Kier alpha value is -4.90. The molecule has 4 heterocycles. The normalized spacial score (nSPS) is 15.2. The van der Waals surface area contributed by atoms with E-state index >= 15 is 0 Å². The molecule has 1 fully saturated rings. The van der Waals surface area contributed by atoms with Crippen molar-refractivity contribution in [2.45, 2.75) is 18.9 Å². The minimum atomic E-state index is 0.359. The predicted molar refractivity (Wildman–Crippen MR) is 164 cm³/mol. The number of likely N-dealkylation sites (N-methyl/N-ethyl adjacent to an activating group) is 2. The summed E-state index contributed by atoms with van der Waals surface area (Å²) in [6.07, 6.45) is 9.90. The number of hydrogen-bond acceptors (Lipinski definition) is 9. The number of carbonyl (C=O) groups is 1. The van der Waals surface area contributed by atoms with E-state index in [9.17, 15) is 4.79 Å². The molecule has 2 aromatic carbocycles. The average Bonchev–Trinajstić information content (AvgIpc) is 3.75. The Morgan fingerprint density at radius 2 is 2.02 bits per heavy atom. The number of amides is 1. The smallest absolute Gasteiger partial charge is 0.229 e. The monoisotopic (exact) mass is 566 g/mol. The van der Waals surface area contributed by atoms with Crippen LogP contribution in [-0.2, 0) is 11.8 Å². The van der Waals surface area contributed by atoms with Crippen molar-refractivity contribution < 1.29 is 13.9 Å². The number of carbonyl (C=O) groups excluding carboxylic acids is 1. The van der Waals surface area contributed by atoms with Gasteiger partial charge in [0.25, 0.3) is 0 Å². The topological polar surface area (TPSA) is 114 Å². The number of ether oxygens (including phenoxy) is 1. The van der Waals surface area contributed by atoms with Gasteiger partial charge >= 0.3 is 0 Å². The summed E-state index contributed by atoms with van der Waals surface area (Å²) in [4.78, 5) is 30.0. The number of aryl methyl sites for hydroxylation is 1. The van der Waals surface area contributed by atoms with Gasteiger partial charge in [-0.25, -0.2) is 15.0 Å². The third-order valence-electron chi connectivity index (χ3n) is 7.95. The lowest BCUT2D eigenvalue weighted by Gasteiger charge is -2.29. The second-order valence-electron chi connectivity index (χ2n) is 10.6. The number of nitrogens with zero attached hydrogens (tertiary/aromatic N) is 6. The van der Waals surface area contributed by atoms with Crippen LogP contribution in [0.2, 0.25) is 0 Å². The number of para-hydroxylation sites is 1. The Bertz CT molecular complexity index is 1720. The maximum Gasteiger partial charge on any atom is 0.229 e. The fourth-order valence-corrected chi connectivity index (χ4v) is 5.77. The van der Waals surface area contributed by atoms with Crippen LogP contribution in [-0.4, -0.2) is 71.2 Å². The summed E-state index contributed by atoms with van der Waals surface area (Å²) in [7, 11) is 7.82. The van der Waals surface area contributed by atoms with Gasteiger partial charge in [0, 0.05) is 61.6 Å². The first kappa shape index (κ1) is 27.3. The number of hydrogen-bond donors (Lipinski definition) is 2. The van der Waals surface area contributed by atoms with Crippen LogP contribution in [0.4, 0.5) is 23.0 Å². The number of nitrogens with one attached hydrogen (secondary N) is 2. The molecule has 1 saturated heterocycles. The van der Waals surface area contributed by atoms with E-state index in [4.69, 9.17) is 14.1 Å². The van der Waals surface area contributed by atoms with Crippen LogP contribution in [0.25, 0.3) is 33.6 Å². The number of aromatic nitrogens is 4. The first-order chi connectivity index (χ1) is 20.5. The standard InChI is InChI=1S/C31H34N8O3/c1-37-12-7-8-20(37)17-38(2)27-15-28(41-4)25(14-24(27)34-19-40)35-31-33-16-22(30-32-11-13-42-30)29(36-31)23-18-39(3)26-10-6-5-9-21(23)26/h5-6,9-11,13-16,18-20H,7-8,12,17H2,1-4H3,(H,34,40)(H,33,35,36). The SMILES string of the molecule is COc1cc(N(C)CC2CCCN2C)c(NC=O)cc1Nc1ncc(-c2ncco2)c(-c2cn(C)c3ccccc23)n1. The van der Waals surface area contributed by atoms with Gasteiger partial charge in [0.05, 0.1) is 41.6 Å². The maximum absolute atomic E-state index is 11.6. The largest absolute Gasteiger partial charge is 0.494 e. The van der Waals surface area contributed by atoms with Crippen molar-refractivity contribution in [2.24, 2.45) is 7.05 Å². The number of oxazole rings is 1. The third kappa shape index (κ3) is 5.14. The van der Waals surface area contributed by atoms with Crippen LogP contribution < -0.4 is 20.3 Å². The zero-order valence-corrected chi connectivity index (χ0v) is 24.2. The fraction of sp³-hybridized carbons (Fsp3) is 0.290. The molecule has 3 aromatic heterocycles. The Morgan fingerprint density at radius 1 is 1.17 bits per heavy atom. The maximum atomic E-state index is 11.6. The number of likely N-dealkylation sites (tertiary alicyclic amines) is 1. The van der Waals surface area contributed by atoms with Gasteiger partial charge in [0.1, 0.15) is 12.0 Å². The quantitative estimate of drug-likeness (QED) is 0.222. The van der Waals surface area contributed by atoms with E-state index in [1.165, 1.54) is 12.7 Å². The van der Waals surface area contributed by atoms with E-state index in [1.54, 1.807) is 19.5 Å². The number of rotatable bonds is 10. The van der Waals surface area contributed by atoms with Crippen molar-refractivity contribution >= 4 is 40.3 Å². The zero-order chi connectivity index (χ0) is 29.2. The van der Waals surface area contributed by atoms with E-state index in [0.29, 0.717) is 52.7 Å². The van der Waals surface area contributed by atoms with E-state index in [2.05, 4.69) is 54.1 Å². The Kier molecular flexibility index (Phi) is 7.49. The third-order valence-corrected chi connectivity index (χ3v) is 7.95.